The van der Waals surface area contributed by atoms with E-state index in [-0.39, 0.29) is 30.3 Å². The largest absolute Gasteiger partial charge is 0.342 e. The Kier molecular flexibility index (Phi) is 7.37. The molecule has 1 aromatic rings. The molecule has 7 heteroatoms. The number of aromatic nitrogens is 1. The number of aromatic amines is 1. The molecule has 1 N–H and O–H groups in total. The van der Waals surface area contributed by atoms with Crippen LogP contribution in [-0.4, -0.2) is 53.3 Å². The van der Waals surface area contributed by atoms with Crippen LogP contribution >= 0.6 is 0 Å². The van der Waals surface area contributed by atoms with Gasteiger partial charge in [-0.15, -0.1) is 0 Å². The third kappa shape index (κ3) is 4.92. The number of rotatable bonds is 7. The highest BCUT2D eigenvalue weighted by atomic mass is 16.2. The second-order valence-electron chi connectivity index (χ2n) is 5.99. The van der Waals surface area contributed by atoms with Gasteiger partial charge >= 0.3 is 0 Å². The molecule has 25 heavy (non-hydrogen) atoms. The normalized spacial score (nSPS) is 10.2. The molecule has 1 rings (SSSR count). The Labute approximate surface area is 148 Å². The van der Waals surface area contributed by atoms with Gasteiger partial charge in [0.2, 0.25) is 11.8 Å². The third-order valence-corrected chi connectivity index (χ3v) is 4.42. The van der Waals surface area contributed by atoms with Gasteiger partial charge < -0.3 is 14.8 Å². The molecule has 0 aromatic carbocycles. The maximum atomic E-state index is 12.3. The van der Waals surface area contributed by atoms with Crippen molar-refractivity contribution in [2.75, 3.05) is 26.7 Å². The lowest BCUT2D eigenvalue weighted by molar-refractivity contribution is -0.139. The molecule has 1 heterocycles. The van der Waals surface area contributed by atoms with Crippen LogP contribution in [0.1, 0.15) is 42.7 Å². The second kappa shape index (κ2) is 9.02. The highest BCUT2D eigenvalue weighted by Crippen LogP contribution is 2.15. The van der Waals surface area contributed by atoms with Gasteiger partial charge in [-0.05, 0) is 45.2 Å². The summed E-state index contributed by atoms with van der Waals surface area (Å²) in [6, 6.07) is 1.90. The van der Waals surface area contributed by atoms with Crippen LogP contribution in [0.2, 0.25) is 0 Å². The average Bonchev–Trinajstić information content (AvgIpc) is 2.55. The maximum Gasteiger partial charge on any atom is 0.266 e. The number of amides is 2. The van der Waals surface area contributed by atoms with Gasteiger partial charge in [0.25, 0.3) is 5.56 Å². The van der Waals surface area contributed by atoms with Crippen molar-refractivity contribution in [2.24, 2.45) is 0 Å². The highest BCUT2D eigenvalue weighted by Gasteiger charge is 2.18. The quantitative estimate of drug-likeness (QED) is 0.800. The number of hydrogen-bond acceptors (Lipinski definition) is 4. The number of nitriles is 1. The van der Waals surface area contributed by atoms with Crippen molar-refractivity contribution in [3.8, 4) is 6.07 Å². The van der Waals surface area contributed by atoms with Crippen LogP contribution < -0.4 is 5.56 Å². The molecule has 0 atom stereocenters. The summed E-state index contributed by atoms with van der Waals surface area (Å²) in [5.41, 5.74) is 1.75. The summed E-state index contributed by atoms with van der Waals surface area (Å²) >= 11 is 0. The van der Waals surface area contributed by atoms with Crippen molar-refractivity contribution in [3.63, 3.8) is 0 Å². The summed E-state index contributed by atoms with van der Waals surface area (Å²) in [6.45, 7) is 8.55. The van der Waals surface area contributed by atoms with Gasteiger partial charge in [0, 0.05) is 32.3 Å². The number of nitrogens with zero attached hydrogens (tertiary/aromatic N) is 3. The number of H-pyrrole nitrogens is 1. The molecule has 0 aliphatic heterocycles. The minimum absolute atomic E-state index is 0.0492. The van der Waals surface area contributed by atoms with E-state index in [2.05, 4.69) is 4.98 Å². The van der Waals surface area contributed by atoms with E-state index in [9.17, 15) is 14.4 Å². The van der Waals surface area contributed by atoms with Crippen LogP contribution in [0.25, 0.3) is 0 Å². The Balaban J connectivity index is 2.79. The summed E-state index contributed by atoms with van der Waals surface area (Å²) in [5, 5.41) is 9.09. The first-order valence-corrected chi connectivity index (χ1v) is 8.40. The smallest absolute Gasteiger partial charge is 0.266 e. The van der Waals surface area contributed by atoms with Crippen molar-refractivity contribution in [3.05, 3.63) is 32.7 Å². The number of carbonyl (C=O) groups excluding carboxylic acids is 2. The SMILES string of the molecule is CCN(CC)C(=O)CN(C)C(=O)CCc1c(C)[nH]c(=O)c(C#N)c1C. The first-order chi connectivity index (χ1) is 11.8. The Hall–Kier alpha value is -2.62. The number of carbonyl (C=O) groups is 2. The van der Waals surface area contributed by atoms with Crippen molar-refractivity contribution in [1.29, 1.82) is 5.26 Å². The Morgan fingerprint density at radius 2 is 1.76 bits per heavy atom. The van der Waals surface area contributed by atoms with Crippen LogP contribution in [0, 0.1) is 25.2 Å². The minimum atomic E-state index is -0.408. The van der Waals surface area contributed by atoms with E-state index in [0.29, 0.717) is 30.8 Å². The van der Waals surface area contributed by atoms with Gasteiger partial charge in [-0.3, -0.25) is 14.4 Å². The molecule has 0 aliphatic rings. The fourth-order valence-electron chi connectivity index (χ4n) is 2.81. The number of hydrogen-bond donors (Lipinski definition) is 1. The summed E-state index contributed by atoms with van der Waals surface area (Å²) in [5.74, 6) is -0.229. The van der Waals surface area contributed by atoms with Crippen molar-refractivity contribution in [2.45, 2.75) is 40.5 Å². The van der Waals surface area contributed by atoms with E-state index in [1.54, 1.807) is 25.8 Å². The van der Waals surface area contributed by atoms with Gasteiger partial charge in [0.1, 0.15) is 11.6 Å². The standard InChI is InChI=1S/C18H26N4O3/c1-6-22(7-2)17(24)11-21(5)16(23)9-8-14-12(3)15(10-19)18(25)20-13(14)4/h6-9,11H2,1-5H3,(H,20,25). The molecule has 136 valence electrons. The Morgan fingerprint density at radius 3 is 2.28 bits per heavy atom. The predicted molar refractivity (Wildman–Crippen MR) is 95.1 cm³/mol. The molecule has 0 radical (unpaired) electrons. The molecule has 0 unspecified atom stereocenters. The molecule has 7 nitrogen and oxygen atoms in total. The second-order valence-corrected chi connectivity index (χ2v) is 5.99. The molecule has 0 spiro atoms. The zero-order valence-electron chi connectivity index (χ0n) is 15.6. The van der Waals surface area contributed by atoms with Gasteiger partial charge in [-0.1, -0.05) is 0 Å². The highest BCUT2D eigenvalue weighted by molar-refractivity contribution is 5.84. The van der Waals surface area contributed by atoms with E-state index in [0.717, 1.165) is 5.56 Å². The van der Waals surface area contributed by atoms with Crippen LogP contribution in [0.15, 0.2) is 4.79 Å². The van der Waals surface area contributed by atoms with Gasteiger partial charge in [0.15, 0.2) is 0 Å². The fourth-order valence-corrected chi connectivity index (χ4v) is 2.81. The predicted octanol–water partition coefficient (Wildman–Crippen LogP) is 1.12. The molecule has 0 fully saturated rings. The van der Waals surface area contributed by atoms with Crippen LogP contribution in [0.5, 0.6) is 0 Å². The molecule has 0 aliphatic carbocycles. The van der Waals surface area contributed by atoms with Gasteiger partial charge in [-0.25, -0.2) is 0 Å². The van der Waals surface area contributed by atoms with Crippen LogP contribution in [0.3, 0.4) is 0 Å². The zero-order chi connectivity index (χ0) is 19.1. The maximum absolute atomic E-state index is 12.3. The number of nitrogens with one attached hydrogen (secondary N) is 1. The zero-order valence-corrected chi connectivity index (χ0v) is 15.6. The van der Waals surface area contributed by atoms with E-state index in [1.165, 1.54) is 4.90 Å². The summed E-state index contributed by atoms with van der Waals surface area (Å²) in [6.07, 6.45) is 0.617. The first kappa shape index (κ1) is 20.4. The van der Waals surface area contributed by atoms with E-state index in [4.69, 9.17) is 5.26 Å². The van der Waals surface area contributed by atoms with Crippen molar-refractivity contribution < 1.29 is 9.59 Å². The molecule has 0 saturated carbocycles. The lowest BCUT2D eigenvalue weighted by atomic mass is 9.99. The molecule has 0 bridgehead atoms. The number of likely N-dealkylation sites (N-methyl/N-ethyl adjacent to an activating group) is 2. The molecule has 2 amide bonds. The summed E-state index contributed by atoms with van der Waals surface area (Å²) < 4.78 is 0. The lowest BCUT2D eigenvalue weighted by Gasteiger charge is -2.23. The lowest BCUT2D eigenvalue weighted by Crippen LogP contribution is -2.41. The first-order valence-electron chi connectivity index (χ1n) is 8.40. The van der Waals surface area contributed by atoms with E-state index < -0.39 is 5.56 Å². The number of aryl methyl sites for hydroxylation is 1. The topological polar surface area (TPSA) is 97.3 Å². The molecule has 0 saturated heterocycles. The van der Waals surface area contributed by atoms with Crippen LogP contribution in [0.4, 0.5) is 0 Å². The van der Waals surface area contributed by atoms with Crippen molar-refractivity contribution >= 4 is 11.8 Å². The summed E-state index contributed by atoms with van der Waals surface area (Å²) in [7, 11) is 1.61. The van der Waals surface area contributed by atoms with E-state index in [1.807, 2.05) is 19.9 Å². The number of pyridine rings is 1. The molecule has 1 aromatic heterocycles. The molecular formula is C18H26N4O3. The van der Waals surface area contributed by atoms with Gasteiger partial charge in [0.05, 0.1) is 6.54 Å². The van der Waals surface area contributed by atoms with Crippen LogP contribution in [-0.2, 0) is 16.0 Å². The summed E-state index contributed by atoms with van der Waals surface area (Å²) in [4.78, 5) is 41.9. The third-order valence-electron chi connectivity index (χ3n) is 4.42. The Morgan fingerprint density at radius 1 is 1.16 bits per heavy atom. The van der Waals surface area contributed by atoms with Gasteiger partial charge in [-0.2, -0.15) is 5.26 Å². The Bertz CT molecular complexity index is 742. The van der Waals surface area contributed by atoms with E-state index >= 15 is 0 Å². The molecular weight excluding hydrogens is 320 g/mol. The minimum Gasteiger partial charge on any atom is -0.342 e. The monoisotopic (exact) mass is 346 g/mol. The fraction of sp³-hybridized carbons (Fsp3) is 0.556. The van der Waals surface area contributed by atoms with Crippen molar-refractivity contribution in [1.82, 2.24) is 14.8 Å². The average molecular weight is 346 g/mol.